The lowest BCUT2D eigenvalue weighted by molar-refractivity contribution is -0.161. The summed E-state index contributed by atoms with van der Waals surface area (Å²) in [5, 5.41) is 19.7. The highest BCUT2D eigenvalue weighted by Gasteiger charge is 2.46. The number of benzene rings is 2. The third-order valence-electron chi connectivity index (χ3n) is 8.73. The summed E-state index contributed by atoms with van der Waals surface area (Å²) in [6, 6.07) is 5.50. The van der Waals surface area contributed by atoms with Crippen LogP contribution in [0.5, 0.6) is 5.75 Å². The molecule has 1 aromatic heterocycles. The van der Waals surface area contributed by atoms with E-state index in [2.05, 4.69) is 0 Å². The minimum atomic E-state index is -1.67. The van der Waals surface area contributed by atoms with E-state index in [0.29, 0.717) is 5.56 Å². The first-order valence-corrected chi connectivity index (χ1v) is 16.2. The second-order valence-electron chi connectivity index (χ2n) is 13.2. The van der Waals surface area contributed by atoms with Crippen LogP contribution in [0.1, 0.15) is 51.5 Å². The average Bonchev–Trinajstić information content (AvgIpc) is 3.62. The molecule has 0 saturated carbocycles. The van der Waals surface area contributed by atoms with E-state index in [1.807, 2.05) is 0 Å². The highest BCUT2D eigenvalue weighted by Crippen LogP contribution is 2.43. The number of nitrogens with zero attached hydrogens (tertiary/aromatic N) is 4. The number of likely N-dealkylation sites (tertiary alicyclic amines) is 1. The van der Waals surface area contributed by atoms with Crippen molar-refractivity contribution in [2.75, 3.05) is 40.1 Å². The Hall–Kier alpha value is -4.70. The SMILES string of the molecule is COCOc1cc(F)cc(Cn2cc(-c3cc(F)ccc3F)nc2[C@H](N(CC2CN(C(=O)O)CC2F)C(=O)[C@H](C)OC(C)=O)C(C)(C)CCO)c1. The van der Waals surface area contributed by atoms with Crippen molar-refractivity contribution in [2.45, 2.75) is 59.0 Å². The number of esters is 1. The lowest BCUT2D eigenvalue weighted by atomic mass is 9.79. The van der Waals surface area contributed by atoms with Gasteiger partial charge in [-0.25, -0.2) is 27.3 Å². The molecule has 1 aliphatic heterocycles. The number of ether oxygens (including phenoxy) is 3. The van der Waals surface area contributed by atoms with Crippen molar-refractivity contribution in [2.24, 2.45) is 11.3 Å². The Bertz CT molecular complexity index is 1720. The Morgan fingerprint density at radius 3 is 2.45 bits per heavy atom. The summed E-state index contributed by atoms with van der Waals surface area (Å²) in [4.78, 5) is 44.8. The number of hydrogen-bond acceptors (Lipinski definition) is 8. The van der Waals surface area contributed by atoms with E-state index >= 15 is 8.78 Å². The van der Waals surface area contributed by atoms with E-state index < -0.39 is 71.6 Å². The highest BCUT2D eigenvalue weighted by molar-refractivity contribution is 5.83. The van der Waals surface area contributed by atoms with Crippen molar-refractivity contribution in [3.8, 4) is 17.0 Å². The zero-order valence-electron chi connectivity index (χ0n) is 28.9. The van der Waals surface area contributed by atoms with Gasteiger partial charge in [0, 0.05) is 64.0 Å². The van der Waals surface area contributed by atoms with Crippen LogP contribution >= 0.6 is 0 Å². The predicted molar refractivity (Wildman–Crippen MR) is 175 cm³/mol. The zero-order valence-corrected chi connectivity index (χ0v) is 28.9. The van der Waals surface area contributed by atoms with E-state index in [9.17, 15) is 33.4 Å². The van der Waals surface area contributed by atoms with Gasteiger partial charge in [-0.2, -0.15) is 0 Å². The fraction of sp³-hybridized carbons (Fsp3) is 0.486. The van der Waals surface area contributed by atoms with Gasteiger partial charge in [0.15, 0.2) is 12.9 Å². The Morgan fingerprint density at radius 1 is 1.10 bits per heavy atom. The molecule has 2 amide bonds. The van der Waals surface area contributed by atoms with Gasteiger partial charge >= 0.3 is 12.1 Å². The molecule has 0 spiro atoms. The largest absolute Gasteiger partial charge is 0.467 e. The molecule has 1 aliphatic rings. The van der Waals surface area contributed by atoms with Gasteiger partial charge < -0.3 is 38.8 Å². The Balaban J connectivity index is 1.96. The number of rotatable bonds is 15. The molecule has 51 heavy (non-hydrogen) atoms. The molecule has 1 saturated heterocycles. The van der Waals surface area contributed by atoms with E-state index in [1.54, 1.807) is 13.8 Å². The summed E-state index contributed by atoms with van der Waals surface area (Å²) in [5.74, 6) is -4.60. The minimum Gasteiger partial charge on any atom is -0.467 e. The number of imidazole rings is 1. The fourth-order valence-electron chi connectivity index (χ4n) is 6.32. The van der Waals surface area contributed by atoms with Crippen molar-refractivity contribution in [1.82, 2.24) is 19.4 Å². The molecule has 4 rings (SSSR count). The number of aliphatic hydroxyl groups excluding tert-OH is 1. The minimum absolute atomic E-state index is 0.0415. The van der Waals surface area contributed by atoms with E-state index in [0.717, 1.165) is 36.1 Å². The summed E-state index contributed by atoms with van der Waals surface area (Å²) in [7, 11) is 1.39. The molecule has 4 atom stereocenters. The summed E-state index contributed by atoms with van der Waals surface area (Å²) in [5.41, 5.74) is -1.04. The second-order valence-corrected chi connectivity index (χ2v) is 13.2. The van der Waals surface area contributed by atoms with Crippen LogP contribution in [0.25, 0.3) is 11.3 Å². The molecule has 1 fully saturated rings. The predicted octanol–water partition coefficient (Wildman–Crippen LogP) is 5.18. The molecule has 0 aliphatic carbocycles. The van der Waals surface area contributed by atoms with Gasteiger partial charge in [0.25, 0.3) is 5.91 Å². The number of amides is 2. The Labute approximate surface area is 292 Å². The van der Waals surface area contributed by atoms with E-state index in [1.165, 1.54) is 41.8 Å². The van der Waals surface area contributed by atoms with Crippen LogP contribution in [0.4, 0.5) is 22.4 Å². The number of halogens is 4. The average molecular weight is 723 g/mol. The molecular weight excluding hydrogens is 680 g/mol. The maximum atomic E-state index is 15.5. The number of hydrogen-bond donors (Lipinski definition) is 2. The van der Waals surface area contributed by atoms with Gasteiger partial charge in [0.2, 0.25) is 0 Å². The third-order valence-corrected chi connectivity index (χ3v) is 8.73. The second kappa shape index (κ2) is 16.5. The van der Waals surface area contributed by atoms with Crippen molar-refractivity contribution < 1.29 is 56.4 Å². The quantitative estimate of drug-likeness (QED) is 0.123. The molecule has 278 valence electrons. The van der Waals surface area contributed by atoms with Crippen LogP contribution in [0, 0.1) is 28.8 Å². The van der Waals surface area contributed by atoms with Gasteiger partial charge in [-0.1, -0.05) is 13.8 Å². The number of carbonyl (C=O) groups excluding carboxylic acids is 2. The highest BCUT2D eigenvalue weighted by atomic mass is 19.1. The molecule has 0 bridgehead atoms. The maximum absolute atomic E-state index is 15.5. The lowest BCUT2D eigenvalue weighted by Gasteiger charge is -2.43. The lowest BCUT2D eigenvalue weighted by Crippen LogP contribution is -2.50. The van der Waals surface area contributed by atoms with Crippen LogP contribution in [0.3, 0.4) is 0 Å². The third kappa shape index (κ3) is 9.55. The molecule has 12 nitrogen and oxygen atoms in total. The van der Waals surface area contributed by atoms with Gasteiger partial charge in [-0.3, -0.25) is 9.59 Å². The summed E-state index contributed by atoms with van der Waals surface area (Å²) < 4.78 is 77.0. The number of alkyl halides is 1. The van der Waals surface area contributed by atoms with Gasteiger partial charge in [-0.15, -0.1) is 0 Å². The zero-order chi connectivity index (χ0) is 37.6. The van der Waals surface area contributed by atoms with Crippen molar-refractivity contribution >= 4 is 18.0 Å². The van der Waals surface area contributed by atoms with Gasteiger partial charge in [0.1, 0.15) is 35.2 Å². The monoisotopic (exact) mass is 722 g/mol. The van der Waals surface area contributed by atoms with Crippen LogP contribution in [-0.2, 0) is 25.6 Å². The smallest absolute Gasteiger partial charge is 0.407 e. The topological polar surface area (TPSA) is 144 Å². The first-order chi connectivity index (χ1) is 24.0. The number of aromatic nitrogens is 2. The van der Waals surface area contributed by atoms with Crippen LogP contribution in [0.15, 0.2) is 42.6 Å². The van der Waals surface area contributed by atoms with E-state index in [4.69, 9.17) is 19.2 Å². The molecule has 0 radical (unpaired) electrons. The first-order valence-electron chi connectivity index (χ1n) is 16.2. The summed E-state index contributed by atoms with van der Waals surface area (Å²) >= 11 is 0. The molecule has 2 aromatic carbocycles. The summed E-state index contributed by atoms with van der Waals surface area (Å²) in [6.07, 6.45) is -2.97. The fourth-order valence-corrected chi connectivity index (χ4v) is 6.32. The maximum Gasteiger partial charge on any atom is 0.407 e. The van der Waals surface area contributed by atoms with Crippen LogP contribution < -0.4 is 4.74 Å². The number of carbonyl (C=O) groups is 3. The molecule has 2 unspecified atom stereocenters. The molecule has 16 heteroatoms. The number of aliphatic hydroxyl groups is 1. The first kappa shape index (κ1) is 39.1. The molecular formula is C35H42F4N4O8. The summed E-state index contributed by atoms with van der Waals surface area (Å²) in [6.45, 7) is 4.09. The Morgan fingerprint density at radius 2 is 1.82 bits per heavy atom. The van der Waals surface area contributed by atoms with E-state index in [-0.39, 0.29) is 62.3 Å². The molecule has 3 aromatic rings. The number of carboxylic acid groups (broad SMARTS) is 1. The Kier molecular flexibility index (Phi) is 12.7. The standard InChI is InChI=1S/C35H42F4N4O8/c1-20(51-21(2)45)33(46)43(16-23-15-42(34(47)48)17-29(23)39)31(35(3,4)8-9-44)32-40-30(27-13-24(36)6-7-28(27)38)18-41(32)14-22-10-25(37)12-26(11-22)50-19-49-5/h6-7,10-13,18,20,23,29,31,44H,8-9,14-17,19H2,1-5H3,(H,47,48)/t20-,23?,29?,31-/m0/s1. The van der Waals surface area contributed by atoms with Crippen molar-refractivity contribution in [3.63, 3.8) is 0 Å². The van der Waals surface area contributed by atoms with Gasteiger partial charge in [0.05, 0.1) is 18.3 Å². The van der Waals surface area contributed by atoms with Gasteiger partial charge in [-0.05, 0) is 54.7 Å². The molecule has 2 heterocycles. The van der Waals surface area contributed by atoms with Crippen LogP contribution in [-0.4, -0.2) is 100.0 Å². The van der Waals surface area contributed by atoms with Crippen molar-refractivity contribution in [1.29, 1.82) is 0 Å². The number of methoxy groups -OCH3 is 1. The van der Waals surface area contributed by atoms with Crippen molar-refractivity contribution in [3.05, 3.63) is 71.4 Å². The normalized spacial score (nSPS) is 17.3. The van der Waals surface area contributed by atoms with Crippen LogP contribution in [0.2, 0.25) is 0 Å². The molecule has 2 N–H and O–H groups in total.